The zero-order valence-electron chi connectivity index (χ0n) is 9.31. The van der Waals surface area contributed by atoms with E-state index in [-0.39, 0.29) is 6.04 Å². The second-order valence-corrected chi connectivity index (χ2v) is 4.44. The number of nitrogens with two attached hydrogens (primary N) is 1. The number of hydrogen-bond donors (Lipinski definition) is 1. The number of aromatic nitrogens is 1. The lowest BCUT2D eigenvalue weighted by atomic mass is 10.1. The summed E-state index contributed by atoms with van der Waals surface area (Å²) in [5, 5.41) is 0. The molecule has 2 rings (SSSR count). The van der Waals surface area contributed by atoms with E-state index >= 15 is 0 Å². The summed E-state index contributed by atoms with van der Waals surface area (Å²) in [6.45, 7) is 1.98. The molecule has 1 unspecified atom stereocenters. The number of aryl methyl sites for hydroxylation is 1. The lowest BCUT2D eigenvalue weighted by Crippen LogP contribution is -2.11. The van der Waals surface area contributed by atoms with Crippen molar-refractivity contribution in [2.24, 2.45) is 5.73 Å². The van der Waals surface area contributed by atoms with Gasteiger partial charge in [-0.15, -0.1) is 11.3 Å². The highest BCUT2D eigenvalue weighted by atomic mass is 32.1. The van der Waals surface area contributed by atoms with Crippen LogP contribution in [-0.2, 0) is 0 Å². The summed E-state index contributed by atoms with van der Waals surface area (Å²) >= 11 is 1.59. The number of methoxy groups -OCH3 is 1. The molecule has 0 fully saturated rings. The predicted octanol–water partition coefficient (Wildman–Crippen LogP) is 2.51. The van der Waals surface area contributed by atoms with Gasteiger partial charge in [-0.3, -0.25) is 0 Å². The first-order valence-electron chi connectivity index (χ1n) is 5.02. The number of hydrogen-bond acceptors (Lipinski definition) is 4. The zero-order chi connectivity index (χ0) is 11.5. The summed E-state index contributed by atoms with van der Waals surface area (Å²) in [6.07, 6.45) is 0. The van der Waals surface area contributed by atoms with E-state index in [4.69, 9.17) is 10.5 Å². The van der Waals surface area contributed by atoms with Crippen molar-refractivity contribution in [1.29, 1.82) is 0 Å². The Morgan fingerprint density at radius 3 is 2.88 bits per heavy atom. The molecule has 1 heterocycles. The van der Waals surface area contributed by atoms with Gasteiger partial charge in [-0.05, 0) is 24.6 Å². The van der Waals surface area contributed by atoms with Gasteiger partial charge < -0.3 is 10.5 Å². The number of nitrogens with zero attached hydrogens (tertiary/aromatic N) is 1. The van der Waals surface area contributed by atoms with E-state index in [1.807, 2.05) is 36.7 Å². The van der Waals surface area contributed by atoms with Gasteiger partial charge in [0.05, 0.1) is 24.4 Å². The highest BCUT2D eigenvalue weighted by Gasteiger charge is 2.14. The Balaban J connectivity index is 2.33. The molecule has 2 aromatic rings. The third kappa shape index (κ3) is 2.08. The van der Waals surface area contributed by atoms with E-state index in [0.717, 1.165) is 21.9 Å². The fourth-order valence-corrected chi connectivity index (χ4v) is 2.43. The van der Waals surface area contributed by atoms with Gasteiger partial charge in [0.25, 0.3) is 0 Å². The topological polar surface area (TPSA) is 48.1 Å². The van der Waals surface area contributed by atoms with E-state index in [2.05, 4.69) is 4.98 Å². The van der Waals surface area contributed by atoms with E-state index in [1.54, 1.807) is 18.4 Å². The molecule has 84 valence electrons. The molecule has 3 nitrogen and oxygen atoms in total. The number of rotatable bonds is 3. The standard InChI is InChI=1S/C12H14N2OS/c1-8-12(16-7-14-8)11(13)9-4-3-5-10(6-9)15-2/h3-7,11H,13H2,1-2H3. The van der Waals surface area contributed by atoms with Gasteiger partial charge in [0.15, 0.2) is 0 Å². The highest BCUT2D eigenvalue weighted by molar-refractivity contribution is 7.09. The van der Waals surface area contributed by atoms with E-state index in [0.29, 0.717) is 0 Å². The maximum Gasteiger partial charge on any atom is 0.119 e. The molecule has 16 heavy (non-hydrogen) atoms. The molecule has 1 aromatic heterocycles. The molecule has 0 aliphatic heterocycles. The summed E-state index contributed by atoms with van der Waals surface area (Å²) in [7, 11) is 1.66. The van der Waals surface area contributed by atoms with E-state index < -0.39 is 0 Å². The molecule has 0 saturated heterocycles. The van der Waals surface area contributed by atoms with Gasteiger partial charge in [-0.25, -0.2) is 4.98 Å². The van der Waals surface area contributed by atoms with Gasteiger partial charge in [0, 0.05) is 4.88 Å². The maximum absolute atomic E-state index is 6.20. The normalized spacial score (nSPS) is 12.4. The van der Waals surface area contributed by atoms with Crippen LogP contribution >= 0.6 is 11.3 Å². The van der Waals surface area contributed by atoms with Crippen LogP contribution in [0.2, 0.25) is 0 Å². The quantitative estimate of drug-likeness (QED) is 0.887. The molecular formula is C12H14N2OS. The van der Waals surface area contributed by atoms with Crippen LogP contribution in [0, 0.1) is 6.92 Å². The Morgan fingerprint density at radius 1 is 1.44 bits per heavy atom. The SMILES string of the molecule is COc1cccc(C(N)c2scnc2C)c1. The first-order chi connectivity index (χ1) is 7.72. The van der Waals surface area contributed by atoms with Crippen molar-refractivity contribution < 1.29 is 4.74 Å². The van der Waals surface area contributed by atoms with Crippen molar-refractivity contribution in [3.63, 3.8) is 0 Å². The van der Waals surface area contributed by atoms with Crippen molar-refractivity contribution in [1.82, 2.24) is 4.98 Å². The lowest BCUT2D eigenvalue weighted by Gasteiger charge is -2.11. The van der Waals surface area contributed by atoms with Gasteiger partial charge in [0.2, 0.25) is 0 Å². The van der Waals surface area contributed by atoms with Crippen LogP contribution in [0.3, 0.4) is 0 Å². The van der Waals surface area contributed by atoms with Gasteiger partial charge in [-0.1, -0.05) is 12.1 Å². The summed E-state index contributed by atoms with van der Waals surface area (Å²) in [5.41, 5.74) is 10.1. The van der Waals surface area contributed by atoms with Crippen LogP contribution < -0.4 is 10.5 Å². The maximum atomic E-state index is 6.20. The van der Waals surface area contributed by atoms with Crippen molar-refractivity contribution >= 4 is 11.3 Å². The molecule has 0 radical (unpaired) electrons. The lowest BCUT2D eigenvalue weighted by molar-refractivity contribution is 0.414. The first-order valence-corrected chi connectivity index (χ1v) is 5.90. The predicted molar refractivity (Wildman–Crippen MR) is 65.9 cm³/mol. The molecule has 4 heteroatoms. The summed E-state index contributed by atoms with van der Waals surface area (Å²) in [5.74, 6) is 0.829. The van der Waals surface area contributed by atoms with Crippen LogP contribution in [-0.4, -0.2) is 12.1 Å². The van der Waals surface area contributed by atoms with Gasteiger partial charge >= 0.3 is 0 Å². The van der Waals surface area contributed by atoms with E-state index in [9.17, 15) is 0 Å². The molecule has 0 amide bonds. The smallest absolute Gasteiger partial charge is 0.119 e. The van der Waals surface area contributed by atoms with Gasteiger partial charge in [-0.2, -0.15) is 0 Å². The molecular weight excluding hydrogens is 220 g/mol. The Hall–Kier alpha value is -1.39. The molecule has 0 aliphatic carbocycles. The summed E-state index contributed by atoms with van der Waals surface area (Å²) < 4.78 is 5.18. The fraction of sp³-hybridized carbons (Fsp3) is 0.250. The van der Waals surface area contributed by atoms with Crippen LogP contribution in [0.4, 0.5) is 0 Å². The Morgan fingerprint density at radius 2 is 2.25 bits per heavy atom. The minimum atomic E-state index is -0.123. The number of thiazole rings is 1. The second kappa shape index (κ2) is 4.63. The van der Waals surface area contributed by atoms with Crippen LogP contribution in [0.5, 0.6) is 5.75 Å². The molecule has 1 aromatic carbocycles. The minimum absolute atomic E-state index is 0.123. The molecule has 1 atom stereocenters. The van der Waals surface area contributed by atoms with E-state index in [1.165, 1.54) is 0 Å². The third-order valence-corrected chi connectivity index (χ3v) is 3.53. The van der Waals surface area contributed by atoms with Crippen LogP contribution in [0.25, 0.3) is 0 Å². The highest BCUT2D eigenvalue weighted by Crippen LogP contribution is 2.27. The molecule has 0 saturated carbocycles. The van der Waals surface area contributed by atoms with Crippen molar-refractivity contribution in [3.05, 3.63) is 45.9 Å². The Labute approximate surface area is 98.9 Å². The number of benzene rings is 1. The largest absolute Gasteiger partial charge is 0.497 e. The summed E-state index contributed by atoms with van der Waals surface area (Å²) in [4.78, 5) is 5.32. The summed E-state index contributed by atoms with van der Waals surface area (Å²) in [6, 6.07) is 7.71. The van der Waals surface area contributed by atoms with Crippen molar-refractivity contribution in [3.8, 4) is 5.75 Å². The first kappa shape index (κ1) is 11.1. The number of ether oxygens (including phenoxy) is 1. The van der Waals surface area contributed by atoms with Gasteiger partial charge in [0.1, 0.15) is 5.75 Å². The fourth-order valence-electron chi connectivity index (χ4n) is 1.60. The Bertz CT molecular complexity index is 481. The monoisotopic (exact) mass is 234 g/mol. The van der Waals surface area contributed by atoms with Crippen molar-refractivity contribution in [2.45, 2.75) is 13.0 Å². The average Bonchev–Trinajstić information content (AvgIpc) is 2.74. The molecule has 0 aliphatic rings. The second-order valence-electron chi connectivity index (χ2n) is 3.56. The minimum Gasteiger partial charge on any atom is -0.497 e. The molecule has 0 spiro atoms. The van der Waals surface area contributed by atoms with Crippen molar-refractivity contribution in [2.75, 3.05) is 7.11 Å². The Kier molecular flexibility index (Phi) is 3.22. The van der Waals surface area contributed by atoms with Crippen LogP contribution in [0.1, 0.15) is 22.2 Å². The average molecular weight is 234 g/mol. The molecule has 0 bridgehead atoms. The zero-order valence-corrected chi connectivity index (χ0v) is 10.1. The van der Waals surface area contributed by atoms with Crippen LogP contribution in [0.15, 0.2) is 29.8 Å². The molecule has 2 N–H and O–H groups in total. The third-order valence-electron chi connectivity index (χ3n) is 2.52.